The van der Waals surface area contributed by atoms with Crippen LogP contribution in [0.4, 0.5) is 0 Å². The zero-order chi connectivity index (χ0) is 36.9. The van der Waals surface area contributed by atoms with Crippen molar-refractivity contribution in [1.82, 2.24) is 19.1 Å². The molecular formula is C50H42N4. The van der Waals surface area contributed by atoms with Gasteiger partial charge in [-0.3, -0.25) is 0 Å². The summed E-state index contributed by atoms with van der Waals surface area (Å²) in [6.45, 7) is 8.35. The van der Waals surface area contributed by atoms with Crippen molar-refractivity contribution in [3.05, 3.63) is 163 Å². The van der Waals surface area contributed by atoms with Gasteiger partial charge in [0, 0.05) is 46.8 Å². The van der Waals surface area contributed by atoms with Crippen molar-refractivity contribution in [3.63, 3.8) is 0 Å². The molecule has 54 heavy (non-hydrogen) atoms. The fourth-order valence-electron chi connectivity index (χ4n) is 8.17. The molecule has 0 amide bonds. The molecule has 10 aromatic rings. The molecule has 1 atom stereocenters. The Kier molecular flexibility index (Phi) is 8.31. The highest BCUT2D eigenvalue weighted by molar-refractivity contribution is 6.25. The highest BCUT2D eigenvalue weighted by Gasteiger charge is 2.18. The van der Waals surface area contributed by atoms with Crippen LogP contribution in [-0.4, -0.2) is 19.1 Å². The standard InChI is InChI=1S/C26H24N2.C24H18N2/c1-4-17(2)18-13-15-19(16-14-18)26-27-24-22-11-7-5-9-20(22)21-10-6-8-12-23(21)25(24)28(26)3;1-3-16-12-14-17(15-13-16)24-25-22-20-10-6-4-8-18(20)19-9-5-7-11-21(19)23(22)26(24)2/h5-17H,4H2,1-3H3;3-15H,1H2,2H3. The largest absolute Gasteiger partial charge is 0.327 e. The minimum absolute atomic E-state index is 0.586. The monoisotopic (exact) mass is 698 g/mol. The molecule has 4 nitrogen and oxygen atoms in total. The Bertz CT molecular complexity index is 3020. The van der Waals surface area contributed by atoms with E-state index in [4.69, 9.17) is 9.97 Å². The predicted octanol–water partition coefficient (Wildman–Crippen LogP) is 13.2. The molecule has 0 spiro atoms. The summed E-state index contributed by atoms with van der Waals surface area (Å²) in [4.78, 5) is 10.2. The molecule has 0 fully saturated rings. The van der Waals surface area contributed by atoms with Crippen LogP contribution in [-0.2, 0) is 14.1 Å². The normalized spacial score (nSPS) is 12.1. The summed E-state index contributed by atoms with van der Waals surface area (Å²) in [5, 5.41) is 9.99. The summed E-state index contributed by atoms with van der Waals surface area (Å²) in [5.41, 5.74) is 9.31. The van der Waals surface area contributed by atoms with Gasteiger partial charge in [-0.05, 0) is 45.0 Å². The molecule has 0 aliphatic rings. The second-order valence-electron chi connectivity index (χ2n) is 14.3. The van der Waals surface area contributed by atoms with Crippen molar-refractivity contribution in [2.24, 2.45) is 14.1 Å². The summed E-state index contributed by atoms with van der Waals surface area (Å²) in [7, 11) is 4.24. The van der Waals surface area contributed by atoms with Crippen molar-refractivity contribution in [1.29, 1.82) is 0 Å². The van der Waals surface area contributed by atoms with Crippen LogP contribution in [0.2, 0.25) is 0 Å². The lowest BCUT2D eigenvalue weighted by molar-refractivity contribution is 0.733. The summed E-state index contributed by atoms with van der Waals surface area (Å²) >= 11 is 0. The quantitative estimate of drug-likeness (QED) is 0.168. The summed E-state index contributed by atoms with van der Waals surface area (Å²) in [6, 6.07) is 51.7. The average Bonchev–Trinajstić information content (AvgIpc) is 3.78. The van der Waals surface area contributed by atoms with E-state index in [1.165, 1.54) is 65.3 Å². The highest BCUT2D eigenvalue weighted by atomic mass is 15.1. The lowest BCUT2D eigenvalue weighted by Crippen LogP contribution is -1.95. The molecule has 4 heteroatoms. The zero-order valence-corrected chi connectivity index (χ0v) is 31.2. The van der Waals surface area contributed by atoms with Crippen LogP contribution < -0.4 is 0 Å². The smallest absolute Gasteiger partial charge is 0.140 e. The molecule has 0 saturated heterocycles. The third-order valence-corrected chi connectivity index (χ3v) is 11.3. The first-order valence-electron chi connectivity index (χ1n) is 18.8. The minimum atomic E-state index is 0.586. The van der Waals surface area contributed by atoms with Crippen LogP contribution in [0.3, 0.4) is 0 Å². The Labute approximate surface area is 315 Å². The number of hydrogen-bond acceptors (Lipinski definition) is 2. The molecule has 2 aromatic heterocycles. The van der Waals surface area contributed by atoms with Gasteiger partial charge in [-0.2, -0.15) is 0 Å². The number of aryl methyl sites for hydroxylation is 2. The maximum absolute atomic E-state index is 5.12. The van der Waals surface area contributed by atoms with Crippen LogP contribution in [0.25, 0.3) is 94.0 Å². The molecule has 262 valence electrons. The lowest BCUT2D eigenvalue weighted by Gasteiger charge is -2.10. The van der Waals surface area contributed by atoms with E-state index in [1.54, 1.807) is 0 Å². The van der Waals surface area contributed by atoms with Gasteiger partial charge in [-0.25, -0.2) is 9.97 Å². The summed E-state index contributed by atoms with van der Waals surface area (Å²) in [5.74, 6) is 2.59. The van der Waals surface area contributed by atoms with E-state index in [0.717, 1.165) is 40.2 Å². The van der Waals surface area contributed by atoms with Gasteiger partial charge in [0.05, 0.1) is 22.1 Å². The number of imidazole rings is 2. The fraction of sp³-hybridized carbons (Fsp3) is 0.120. The Morgan fingerprint density at radius 1 is 0.500 bits per heavy atom. The molecular weight excluding hydrogens is 657 g/mol. The van der Waals surface area contributed by atoms with Gasteiger partial charge in [0.1, 0.15) is 11.6 Å². The predicted molar refractivity (Wildman–Crippen MR) is 231 cm³/mol. The van der Waals surface area contributed by atoms with Crippen LogP contribution in [0, 0.1) is 0 Å². The van der Waals surface area contributed by atoms with Crippen LogP contribution >= 0.6 is 0 Å². The SMILES string of the molecule is C=Cc1ccc(-c2nc3c4ccccc4c4ccccc4c3n2C)cc1.CCC(C)c1ccc(-c2nc3c4ccccc4c4ccccc4c3n2C)cc1. The van der Waals surface area contributed by atoms with Crippen molar-refractivity contribution < 1.29 is 0 Å². The van der Waals surface area contributed by atoms with Gasteiger partial charge >= 0.3 is 0 Å². The number of fused-ring (bicyclic) bond motifs is 12. The van der Waals surface area contributed by atoms with Crippen molar-refractivity contribution in [3.8, 4) is 22.8 Å². The first kappa shape index (κ1) is 33.3. The second-order valence-corrected chi connectivity index (χ2v) is 14.3. The maximum Gasteiger partial charge on any atom is 0.140 e. The highest BCUT2D eigenvalue weighted by Crippen LogP contribution is 2.38. The fourth-order valence-corrected chi connectivity index (χ4v) is 8.17. The van der Waals surface area contributed by atoms with E-state index in [0.29, 0.717) is 5.92 Å². The van der Waals surface area contributed by atoms with Gasteiger partial charge in [0.2, 0.25) is 0 Å². The molecule has 0 aliphatic heterocycles. The number of nitrogens with zero attached hydrogens (tertiary/aromatic N) is 4. The number of benzene rings is 8. The van der Waals surface area contributed by atoms with E-state index in [-0.39, 0.29) is 0 Å². The van der Waals surface area contributed by atoms with Crippen molar-refractivity contribution >= 4 is 71.2 Å². The number of aromatic nitrogens is 4. The second kappa shape index (κ2) is 13.5. The topological polar surface area (TPSA) is 35.6 Å². The van der Waals surface area contributed by atoms with Crippen LogP contribution in [0.1, 0.15) is 37.3 Å². The Morgan fingerprint density at radius 3 is 1.24 bits per heavy atom. The number of rotatable bonds is 5. The van der Waals surface area contributed by atoms with Crippen molar-refractivity contribution in [2.75, 3.05) is 0 Å². The Morgan fingerprint density at radius 2 is 0.852 bits per heavy atom. The molecule has 0 aliphatic carbocycles. The molecule has 0 saturated carbocycles. The molecule has 0 bridgehead atoms. The van der Waals surface area contributed by atoms with Gasteiger partial charge < -0.3 is 9.13 Å². The average molecular weight is 699 g/mol. The third-order valence-electron chi connectivity index (χ3n) is 11.3. The first-order chi connectivity index (χ1) is 26.5. The van der Waals surface area contributed by atoms with Gasteiger partial charge in [-0.15, -0.1) is 0 Å². The van der Waals surface area contributed by atoms with E-state index in [9.17, 15) is 0 Å². The van der Waals surface area contributed by atoms with E-state index < -0.39 is 0 Å². The van der Waals surface area contributed by atoms with Crippen LogP contribution in [0.15, 0.2) is 152 Å². The van der Waals surface area contributed by atoms with Crippen LogP contribution in [0.5, 0.6) is 0 Å². The Hall–Kier alpha value is -6.52. The molecule has 8 aromatic carbocycles. The van der Waals surface area contributed by atoms with Gasteiger partial charge in [0.15, 0.2) is 0 Å². The molecule has 1 unspecified atom stereocenters. The number of hydrogen-bond donors (Lipinski definition) is 0. The summed E-state index contributed by atoms with van der Waals surface area (Å²) < 4.78 is 4.47. The maximum atomic E-state index is 5.12. The first-order valence-corrected chi connectivity index (χ1v) is 18.8. The molecule has 0 N–H and O–H groups in total. The minimum Gasteiger partial charge on any atom is -0.327 e. The Balaban J connectivity index is 0.000000143. The molecule has 2 heterocycles. The summed E-state index contributed by atoms with van der Waals surface area (Å²) in [6.07, 6.45) is 3.02. The van der Waals surface area contributed by atoms with E-state index >= 15 is 0 Å². The van der Waals surface area contributed by atoms with E-state index in [2.05, 4.69) is 189 Å². The third kappa shape index (κ3) is 5.37. The van der Waals surface area contributed by atoms with Gasteiger partial charge in [-0.1, -0.05) is 172 Å². The van der Waals surface area contributed by atoms with E-state index in [1.807, 2.05) is 6.08 Å². The zero-order valence-electron chi connectivity index (χ0n) is 31.2. The lowest BCUT2D eigenvalue weighted by atomic mass is 9.97. The van der Waals surface area contributed by atoms with Gasteiger partial charge in [0.25, 0.3) is 0 Å². The van der Waals surface area contributed by atoms with Crippen molar-refractivity contribution in [2.45, 2.75) is 26.2 Å². The molecule has 10 rings (SSSR count). The molecule has 0 radical (unpaired) electrons.